The number of aliphatic hydroxyl groups is 6. The first-order chi connectivity index (χ1) is 71.3. The molecular formula is C96H109Cl3N17O32S2+. The molecule has 12 amide bonds. The first-order valence-corrected chi connectivity index (χ1v) is 50.0. The fraction of sp³-hybridized carbons (Fsp3) is 0.427. The van der Waals surface area contributed by atoms with Crippen molar-refractivity contribution in [2.24, 2.45) is 16.8 Å². The van der Waals surface area contributed by atoms with Crippen molar-refractivity contribution in [1.82, 2.24) is 68.4 Å². The van der Waals surface area contributed by atoms with Crippen LogP contribution < -0.4 is 88.3 Å². The fourth-order valence-corrected chi connectivity index (χ4v) is 20.8. The number of carboxylic acid groups (broad SMARTS) is 2. The van der Waals surface area contributed by atoms with Crippen molar-refractivity contribution in [3.63, 3.8) is 0 Å². The standard InChI is InChI=1S/C96H108Cl3N17O32S2/c1-39(2)26-51(101-5)83(130)110-71-75(125)42-15-18-55(49(97)28-42)144-57-30-44-31-58(145-56-19-16-43(29-50(56)98)76(126)72-89(136)109-68(92(138)139)48-32-46(118)33-54(120)65(48)47-27-41(14-17-53(47)119)66(85(132)111-72)108-86(133)67(44)107-84(131)52(34-60(100)121)105-88(71)135)79(57)148-94-80(78(128)77(127)59(37-117)146-94)147-64-35-96(4,81(129)40(3)143-64)104-23-22-103-62(123)13-9-8-12-61(122)102-21-20-63(124)106-95-113-69(82(99)150-95)70(114-142-6)87(134)112-73-90(137)116-74(93(140)141)45(38-149-91(73)116)36-115-24-10-7-11-25-115/h7,10-11,14-19,24-25,27-33,39-40,51-52,59,64,66-68,71-73,75-78,80-81,91,94,101,104,117,125-129H,8-9,12-13,20-23,26,34-38H2,1-6H3,(H16-,100,102,103,105,106,107,108,109,110,111,112,113,114,118,119,120,121,122,123,124,130,131,132,133,134,135,136,138,139,140,141)/p+1/t40-,51+,52-,59+,64-,66+,67+,68-,71+,72-,73+,75+,76+,77+,78-,80+,81+,91+,94-,96-/m0/s1. The number of aromatic nitrogens is 2. The van der Waals surface area contributed by atoms with Crippen molar-refractivity contribution < 1.29 is 161 Å². The lowest BCUT2D eigenvalue weighted by atomic mass is 9.85. The second kappa shape index (κ2) is 48.5. The summed E-state index contributed by atoms with van der Waals surface area (Å²) in [4.78, 5) is 208. The number of hydrogen-bond acceptors (Lipinski definition) is 36. The minimum atomic E-state index is -2.42. The number of primary amides is 1. The van der Waals surface area contributed by atoms with E-state index >= 15 is 24.0 Å². The zero-order chi connectivity index (χ0) is 108. The number of aliphatic carboxylic acids is 2. The van der Waals surface area contributed by atoms with Crippen LogP contribution in [0.5, 0.6) is 46.0 Å². The Balaban J connectivity index is 0.696. The number of phenols is 3. The number of phenolic OH excluding ortho intramolecular Hbond substituents is 3. The van der Waals surface area contributed by atoms with Gasteiger partial charge in [0.2, 0.25) is 71.1 Å². The van der Waals surface area contributed by atoms with Crippen molar-refractivity contribution in [1.29, 1.82) is 0 Å². The molecule has 49 nitrogen and oxygen atoms in total. The number of unbranched alkanes of at least 4 members (excludes halogenated alkanes) is 1. The monoisotopic (exact) mass is 2180 g/mol. The Morgan fingerprint density at radius 3 is 1.97 bits per heavy atom. The van der Waals surface area contributed by atoms with Gasteiger partial charge < -0.3 is 159 Å². The van der Waals surface area contributed by atoms with Crippen LogP contribution in [-0.4, -0.2) is 291 Å². The van der Waals surface area contributed by atoms with Gasteiger partial charge in [-0.25, -0.2) is 19.1 Å². The first kappa shape index (κ1) is 112. The van der Waals surface area contributed by atoms with Crippen molar-refractivity contribution >= 4 is 152 Å². The van der Waals surface area contributed by atoms with Crippen LogP contribution in [0.3, 0.4) is 0 Å². The summed E-state index contributed by atoms with van der Waals surface area (Å²) < 4.78 is 41.0. The molecule has 3 fully saturated rings. The fourth-order valence-electron chi connectivity index (χ4n) is 18.0. The molecule has 802 valence electrons. The molecule has 11 bridgehead atoms. The van der Waals surface area contributed by atoms with E-state index in [-0.39, 0.29) is 115 Å². The van der Waals surface area contributed by atoms with Gasteiger partial charge in [0.25, 0.3) is 11.8 Å². The summed E-state index contributed by atoms with van der Waals surface area (Å²) in [7, 11) is 2.60. The van der Waals surface area contributed by atoms with Crippen molar-refractivity contribution in [2.75, 3.05) is 51.5 Å². The Morgan fingerprint density at radius 1 is 0.700 bits per heavy atom. The second-order valence-corrected chi connectivity index (χ2v) is 40.2. The average Bonchev–Trinajstić information content (AvgIpc) is 0.826. The van der Waals surface area contributed by atoms with E-state index in [9.17, 15) is 99.3 Å². The summed E-state index contributed by atoms with van der Waals surface area (Å²) in [6, 6.07) is 2.79. The Labute approximate surface area is 876 Å². The molecule has 16 rings (SSSR count). The summed E-state index contributed by atoms with van der Waals surface area (Å²) in [5.41, 5.74) is 0.897. The van der Waals surface area contributed by atoms with Gasteiger partial charge in [0.1, 0.15) is 124 Å². The molecule has 0 spiro atoms. The molecule has 0 saturated carbocycles. The predicted molar refractivity (Wildman–Crippen MR) is 528 cm³/mol. The molecule has 3 saturated heterocycles. The highest BCUT2D eigenvalue weighted by molar-refractivity contribution is 8.00. The molecular weight excluding hydrogens is 2070 g/mol. The molecule has 25 N–H and O–H groups in total. The number of aromatic hydroxyl groups is 3. The van der Waals surface area contributed by atoms with E-state index in [1.54, 1.807) is 55.9 Å². The number of halogens is 3. The third-order valence-electron chi connectivity index (χ3n) is 25.6. The lowest BCUT2D eigenvalue weighted by molar-refractivity contribution is -0.689. The summed E-state index contributed by atoms with van der Waals surface area (Å²) in [5, 5.41) is 160. The molecule has 0 radical (unpaired) electrons. The zero-order valence-electron chi connectivity index (χ0n) is 80.6. The number of nitrogens with zero attached hydrogens (tertiary/aromatic N) is 4. The number of aliphatic hydroxyl groups excluding tert-OH is 6. The zero-order valence-corrected chi connectivity index (χ0v) is 84.5. The average molecular weight is 2180 g/mol. The Hall–Kier alpha value is -13.7. The summed E-state index contributed by atoms with van der Waals surface area (Å²) in [5.74, 6) is -20.9. The highest BCUT2D eigenvalue weighted by Gasteiger charge is 2.57. The number of amides is 12. The predicted octanol–water partition coefficient (Wildman–Crippen LogP) is 0.745. The first-order valence-electron chi connectivity index (χ1n) is 47.0. The van der Waals surface area contributed by atoms with E-state index in [0.29, 0.717) is 5.57 Å². The normalized spacial score (nSPS) is 25.5. The van der Waals surface area contributed by atoms with Gasteiger partial charge in [0.05, 0.1) is 41.3 Å². The molecule has 5 aromatic carbocycles. The largest absolute Gasteiger partial charge is 0.508 e. The van der Waals surface area contributed by atoms with E-state index in [2.05, 4.69) is 73.9 Å². The minimum absolute atomic E-state index is 0.0232. The molecule has 0 aliphatic carbocycles. The number of thioether (sulfide) groups is 1. The number of carbonyl (C=O) groups is 14. The Kier molecular flexibility index (Phi) is 36.2. The van der Waals surface area contributed by atoms with Gasteiger partial charge in [-0.1, -0.05) is 89.4 Å². The van der Waals surface area contributed by atoms with Gasteiger partial charge in [-0.15, -0.1) is 11.8 Å². The lowest BCUT2D eigenvalue weighted by Gasteiger charge is -2.49. The van der Waals surface area contributed by atoms with Gasteiger partial charge in [0.15, 0.2) is 59.7 Å². The number of thiazole rings is 1. The molecule has 11 heterocycles. The molecule has 54 heteroatoms. The number of pyridine rings is 1. The minimum Gasteiger partial charge on any atom is -0.508 e. The van der Waals surface area contributed by atoms with Gasteiger partial charge in [-0.05, 0) is 123 Å². The summed E-state index contributed by atoms with van der Waals surface area (Å²) in [6.45, 7) is 5.62. The van der Waals surface area contributed by atoms with Crippen LogP contribution in [0.15, 0.2) is 126 Å². The molecule has 7 aromatic rings. The number of fused-ring (bicyclic) bond motifs is 16. The van der Waals surface area contributed by atoms with Crippen LogP contribution in [0.2, 0.25) is 14.4 Å². The maximum absolute atomic E-state index is 16.3. The van der Waals surface area contributed by atoms with E-state index < -0.39 is 306 Å². The third kappa shape index (κ3) is 25.6. The number of carbonyl (C=O) groups excluding carboxylic acids is 12. The Bertz CT molecular complexity index is 6450. The molecule has 150 heavy (non-hydrogen) atoms. The molecule has 0 unspecified atom stereocenters. The van der Waals surface area contributed by atoms with Gasteiger partial charge in [0, 0.05) is 97.1 Å². The third-order valence-corrected chi connectivity index (χ3v) is 28.7. The Morgan fingerprint density at radius 2 is 1.34 bits per heavy atom. The highest BCUT2D eigenvalue weighted by atomic mass is 35.5. The second-order valence-electron chi connectivity index (χ2n) is 36.7. The number of nitrogens with two attached hydrogens (primary N) is 1. The van der Waals surface area contributed by atoms with E-state index in [1.807, 2.05) is 0 Å². The lowest BCUT2D eigenvalue weighted by Crippen LogP contribution is -2.71. The van der Waals surface area contributed by atoms with Gasteiger partial charge in [-0.3, -0.25) is 62.4 Å². The molecule has 9 aliphatic heterocycles. The van der Waals surface area contributed by atoms with Gasteiger partial charge >= 0.3 is 11.9 Å². The van der Waals surface area contributed by atoms with Crippen LogP contribution >= 0.6 is 57.9 Å². The topological polar surface area (TPSA) is 729 Å². The number of anilines is 1. The maximum Gasteiger partial charge on any atom is 0.352 e. The van der Waals surface area contributed by atoms with Crippen molar-refractivity contribution in [3.8, 4) is 57.1 Å². The molecule has 2 aromatic heterocycles. The van der Waals surface area contributed by atoms with E-state index in [1.165, 1.54) is 31.8 Å². The number of hydrogen-bond donors (Lipinski definition) is 24. The summed E-state index contributed by atoms with van der Waals surface area (Å²) >= 11 is 22.9. The van der Waals surface area contributed by atoms with Crippen LogP contribution in [-0.2, 0) is 92.7 Å². The number of β-lactam (4-membered cyclic amide) rings is 1. The highest BCUT2D eigenvalue weighted by Crippen LogP contribution is 2.51. The number of oxime groups is 1. The van der Waals surface area contributed by atoms with Gasteiger partial charge in [-0.2, -0.15) is 0 Å². The number of rotatable bonds is 33. The van der Waals surface area contributed by atoms with E-state index in [4.69, 9.17) is 73.8 Å². The number of ether oxygens (including phenoxy) is 6. The number of carboxylic acids is 2. The van der Waals surface area contributed by atoms with Crippen LogP contribution in [0.1, 0.15) is 143 Å². The van der Waals surface area contributed by atoms with Crippen LogP contribution in [0, 0.1) is 5.92 Å². The van der Waals surface area contributed by atoms with Crippen LogP contribution in [0.4, 0.5) is 5.13 Å². The summed E-state index contributed by atoms with van der Waals surface area (Å²) in [6.07, 6.45) is -16.2. The number of nitrogens with one attached hydrogen (secondary N) is 12. The van der Waals surface area contributed by atoms with Crippen molar-refractivity contribution in [2.45, 2.75) is 206 Å². The van der Waals surface area contributed by atoms with E-state index in [0.717, 1.165) is 96.1 Å². The number of likely N-dealkylation sites (N-methyl/N-ethyl adjacent to an activating group) is 1. The van der Waals surface area contributed by atoms with Crippen molar-refractivity contribution in [3.05, 3.63) is 169 Å². The SMILES string of the molecule is CN[C@H](CC(C)C)C(=O)N[C@H]1C(=O)N[C@@H](CC(N)=O)C(=O)N[C@H]2C(=O)N[C@H]3C(=O)N[C@H](C(=O)N[C@H](C(=O)O)c4cc(O)cc(O)c4-c4cc3ccc4O)[C@H](O)c3ccc(c(Cl)c3)Oc3cc2cc(c3O[C@@H]2O[C@H](CO)[C@@H](O)[C@H](O)[C@H]2O[C@H]2C[C@](C)(NCCNC(=O)CCCCC(=O)NCCC(=O)Nc3nc(/C(=N/OC)C(=O)N[C@@H]4C(=O)N5C(C(=O)O)=C(C[n+]6ccccc6)CS[C@H]45)c(Cl)s3)[C@H](O)[C@H](C)O2)Oc2ccc(cc2Cl)[C@H]1O. The smallest absolute Gasteiger partial charge is 0.352 e. The number of benzene rings is 5. The van der Waals surface area contributed by atoms with Crippen LogP contribution in [0.25, 0.3) is 11.1 Å². The quantitative estimate of drug-likeness (QED) is 0.00887. The molecule has 9 aliphatic rings. The maximum atomic E-state index is 16.3. The molecule has 20 atom stereocenters.